The minimum Gasteiger partial charge on any atom is -0.508 e. The second-order valence-electron chi connectivity index (χ2n) is 5.06. The molecule has 0 aliphatic carbocycles. The third-order valence-electron chi connectivity index (χ3n) is 3.62. The van der Waals surface area contributed by atoms with Crippen LogP contribution in [-0.2, 0) is 0 Å². The molecule has 0 radical (unpaired) electrons. The van der Waals surface area contributed by atoms with Gasteiger partial charge in [-0.3, -0.25) is 4.98 Å². The molecule has 0 saturated heterocycles. The second-order valence-corrected chi connectivity index (χ2v) is 5.06. The topological polar surface area (TPSA) is 50.4 Å². The number of phenols is 1. The molecule has 4 heteroatoms. The zero-order valence-electron chi connectivity index (χ0n) is 11.7. The number of hydrogen-bond acceptors (Lipinski definition) is 3. The first-order valence-electron chi connectivity index (χ1n) is 7.00. The largest absolute Gasteiger partial charge is 0.508 e. The number of hydrogen-bond donors (Lipinski definition) is 1. The Bertz CT molecular complexity index is 945. The Morgan fingerprint density at radius 2 is 1.64 bits per heavy atom. The fraction of sp³-hybridized carbons (Fsp3) is 0. The summed E-state index contributed by atoms with van der Waals surface area (Å²) < 4.78 is 1.91. The molecule has 22 heavy (non-hydrogen) atoms. The zero-order chi connectivity index (χ0) is 14.9. The van der Waals surface area contributed by atoms with Crippen LogP contribution in [-0.4, -0.2) is 19.7 Å². The van der Waals surface area contributed by atoms with E-state index in [1.54, 1.807) is 24.5 Å². The average molecular weight is 287 g/mol. The van der Waals surface area contributed by atoms with E-state index in [2.05, 4.69) is 4.98 Å². The number of fused-ring (bicyclic) bond motifs is 1. The molecular formula is C18H13N3O. The van der Waals surface area contributed by atoms with Crippen molar-refractivity contribution in [2.45, 2.75) is 0 Å². The Hall–Kier alpha value is -3.14. The van der Waals surface area contributed by atoms with Gasteiger partial charge < -0.3 is 5.11 Å². The van der Waals surface area contributed by atoms with E-state index in [4.69, 9.17) is 5.10 Å². The van der Waals surface area contributed by atoms with Crippen molar-refractivity contribution in [2.24, 2.45) is 0 Å². The number of benzene rings is 1. The van der Waals surface area contributed by atoms with Crippen molar-refractivity contribution < 1.29 is 5.11 Å². The molecule has 0 atom stereocenters. The number of aromatic nitrogens is 3. The van der Waals surface area contributed by atoms with Crippen LogP contribution in [0.4, 0.5) is 0 Å². The molecule has 3 heterocycles. The normalized spacial score (nSPS) is 10.9. The van der Waals surface area contributed by atoms with E-state index in [9.17, 15) is 5.11 Å². The Labute approximate surface area is 127 Å². The summed E-state index contributed by atoms with van der Waals surface area (Å²) in [6.07, 6.45) is 3.54. The first-order chi connectivity index (χ1) is 10.8. The summed E-state index contributed by atoms with van der Waals surface area (Å²) >= 11 is 0. The summed E-state index contributed by atoms with van der Waals surface area (Å²) in [5, 5.41) is 14.3. The van der Waals surface area contributed by atoms with Gasteiger partial charge in [-0.05, 0) is 48.5 Å². The predicted molar refractivity (Wildman–Crippen MR) is 85.5 cm³/mol. The second kappa shape index (κ2) is 5.00. The Morgan fingerprint density at radius 1 is 0.818 bits per heavy atom. The molecule has 1 aromatic carbocycles. The molecule has 0 amide bonds. The van der Waals surface area contributed by atoms with Gasteiger partial charge in [-0.25, -0.2) is 4.52 Å². The standard InChI is InChI=1S/C18H13N3O/c22-16-3-1-2-14(12-16)17-6-4-15-5-7-18(21(15)20-17)13-8-10-19-11-9-13/h1-12,22H. The minimum absolute atomic E-state index is 0.237. The fourth-order valence-corrected chi connectivity index (χ4v) is 2.55. The first kappa shape index (κ1) is 12.6. The Kier molecular flexibility index (Phi) is 2.86. The van der Waals surface area contributed by atoms with Gasteiger partial charge >= 0.3 is 0 Å². The van der Waals surface area contributed by atoms with Crippen LogP contribution in [0.2, 0.25) is 0 Å². The van der Waals surface area contributed by atoms with E-state index in [0.717, 1.165) is 28.0 Å². The highest BCUT2D eigenvalue weighted by molar-refractivity contribution is 5.69. The lowest BCUT2D eigenvalue weighted by molar-refractivity contribution is 0.475. The molecule has 3 aromatic heterocycles. The maximum Gasteiger partial charge on any atom is 0.116 e. The highest BCUT2D eigenvalue weighted by Gasteiger charge is 2.08. The number of pyridine rings is 1. The van der Waals surface area contributed by atoms with Crippen molar-refractivity contribution in [1.29, 1.82) is 0 Å². The Morgan fingerprint density at radius 3 is 2.45 bits per heavy atom. The van der Waals surface area contributed by atoms with Crippen LogP contribution in [0.5, 0.6) is 5.75 Å². The van der Waals surface area contributed by atoms with Crippen molar-refractivity contribution in [3.63, 3.8) is 0 Å². The molecule has 0 spiro atoms. The third-order valence-corrected chi connectivity index (χ3v) is 3.62. The summed E-state index contributed by atoms with van der Waals surface area (Å²) in [6.45, 7) is 0. The van der Waals surface area contributed by atoms with Gasteiger partial charge in [-0.15, -0.1) is 0 Å². The van der Waals surface area contributed by atoms with Gasteiger partial charge in [0.25, 0.3) is 0 Å². The van der Waals surface area contributed by atoms with Gasteiger partial charge in [0.05, 0.1) is 16.9 Å². The van der Waals surface area contributed by atoms with Gasteiger partial charge in [0.15, 0.2) is 0 Å². The number of nitrogens with zero attached hydrogens (tertiary/aromatic N) is 3. The van der Waals surface area contributed by atoms with Crippen LogP contribution in [0, 0.1) is 0 Å². The third kappa shape index (κ3) is 2.11. The molecule has 0 aliphatic rings. The van der Waals surface area contributed by atoms with E-state index >= 15 is 0 Å². The maximum atomic E-state index is 9.64. The number of phenolic OH excluding ortho intramolecular Hbond substituents is 1. The molecule has 0 fully saturated rings. The average Bonchev–Trinajstić information content (AvgIpc) is 2.99. The first-order valence-corrected chi connectivity index (χ1v) is 7.00. The summed E-state index contributed by atoms with van der Waals surface area (Å²) in [4.78, 5) is 4.05. The highest BCUT2D eigenvalue weighted by atomic mass is 16.3. The molecule has 4 nitrogen and oxygen atoms in total. The fourth-order valence-electron chi connectivity index (χ4n) is 2.55. The van der Waals surface area contributed by atoms with E-state index in [1.165, 1.54) is 0 Å². The van der Waals surface area contributed by atoms with Crippen LogP contribution in [0.15, 0.2) is 73.1 Å². The van der Waals surface area contributed by atoms with Crippen LogP contribution in [0.1, 0.15) is 0 Å². The smallest absolute Gasteiger partial charge is 0.116 e. The molecule has 4 aromatic rings. The van der Waals surface area contributed by atoms with E-state index < -0.39 is 0 Å². The number of rotatable bonds is 2. The van der Waals surface area contributed by atoms with Crippen LogP contribution >= 0.6 is 0 Å². The van der Waals surface area contributed by atoms with Gasteiger partial charge in [-0.2, -0.15) is 5.10 Å². The van der Waals surface area contributed by atoms with Gasteiger partial charge in [-0.1, -0.05) is 12.1 Å². The van der Waals surface area contributed by atoms with Gasteiger partial charge in [0, 0.05) is 23.5 Å². The quantitative estimate of drug-likeness (QED) is 0.610. The molecule has 4 rings (SSSR count). The van der Waals surface area contributed by atoms with E-state index in [1.807, 2.05) is 53.0 Å². The van der Waals surface area contributed by atoms with Gasteiger partial charge in [0.2, 0.25) is 0 Å². The van der Waals surface area contributed by atoms with Crippen molar-refractivity contribution in [2.75, 3.05) is 0 Å². The molecule has 0 aliphatic heterocycles. The van der Waals surface area contributed by atoms with Crippen LogP contribution in [0.3, 0.4) is 0 Å². The van der Waals surface area contributed by atoms with Crippen molar-refractivity contribution in [3.8, 4) is 28.3 Å². The van der Waals surface area contributed by atoms with E-state index in [-0.39, 0.29) is 5.75 Å². The molecule has 106 valence electrons. The minimum atomic E-state index is 0.237. The Balaban J connectivity index is 1.90. The van der Waals surface area contributed by atoms with Crippen molar-refractivity contribution in [1.82, 2.24) is 14.6 Å². The zero-order valence-corrected chi connectivity index (χ0v) is 11.7. The summed E-state index contributed by atoms with van der Waals surface area (Å²) in [6, 6.07) is 19.1. The summed E-state index contributed by atoms with van der Waals surface area (Å²) in [7, 11) is 0. The number of aromatic hydroxyl groups is 1. The highest BCUT2D eigenvalue weighted by Crippen LogP contribution is 2.25. The molecular weight excluding hydrogens is 274 g/mol. The molecule has 0 saturated carbocycles. The predicted octanol–water partition coefficient (Wildman–Crippen LogP) is 3.77. The van der Waals surface area contributed by atoms with Crippen molar-refractivity contribution in [3.05, 3.63) is 73.1 Å². The lowest BCUT2D eigenvalue weighted by atomic mass is 10.1. The van der Waals surface area contributed by atoms with Crippen LogP contribution in [0.25, 0.3) is 28.0 Å². The molecule has 0 bridgehead atoms. The summed E-state index contributed by atoms with van der Waals surface area (Å²) in [5.41, 5.74) is 4.80. The monoisotopic (exact) mass is 287 g/mol. The lowest BCUT2D eigenvalue weighted by Gasteiger charge is -2.06. The van der Waals surface area contributed by atoms with E-state index in [0.29, 0.717) is 0 Å². The molecule has 1 N–H and O–H groups in total. The van der Waals surface area contributed by atoms with Crippen LogP contribution < -0.4 is 0 Å². The van der Waals surface area contributed by atoms with Gasteiger partial charge in [0.1, 0.15) is 5.75 Å². The SMILES string of the molecule is Oc1cccc(-c2ccc3ccc(-c4ccncc4)n3n2)c1. The lowest BCUT2D eigenvalue weighted by Crippen LogP contribution is -1.96. The maximum absolute atomic E-state index is 9.64. The molecule has 0 unspecified atom stereocenters. The summed E-state index contributed by atoms with van der Waals surface area (Å²) in [5.74, 6) is 0.237. The van der Waals surface area contributed by atoms with Crippen molar-refractivity contribution >= 4 is 5.52 Å².